The molecule has 0 spiro atoms. The molecule has 3 heterocycles. The molecule has 3 amide bonds. The Kier molecular flexibility index (Phi) is 9.99. The van der Waals surface area contributed by atoms with Crippen molar-refractivity contribution < 1.29 is 22.8 Å². The van der Waals surface area contributed by atoms with Crippen molar-refractivity contribution in [1.82, 2.24) is 23.4 Å². The molecule has 1 unspecified atom stereocenters. The zero-order valence-electron chi connectivity index (χ0n) is 28.7. The van der Waals surface area contributed by atoms with Gasteiger partial charge in [-0.15, -0.1) is 0 Å². The zero-order valence-corrected chi connectivity index (χ0v) is 29.5. The Balaban J connectivity index is 1.44. The van der Waals surface area contributed by atoms with Crippen LogP contribution in [0.15, 0.2) is 42.5 Å². The third kappa shape index (κ3) is 6.51. The van der Waals surface area contributed by atoms with Gasteiger partial charge < -0.3 is 14.4 Å². The number of hydrogen-bond donors (Lipinski definition) is 1. The number of benzene rings is 2. The molecule has 2 aliphatic heterocycles. The lowest BCUT2D eigenvalue weighted by Gasteiger charge is -2.36. The first kappa shape index (κ1) is 34.2. The fourth-order valence-corrected chi connectivity index (χ4v) is 8.68. The number of nitrogens with zero attached hydrogens (tertiary/aromatic N) is 4. The first-order valence-electron chi connectivity index (χ1n) is 17.6. The van der Waals surface area contributed by atoms with Crippen molar-refractivity contribution in [3.63, 3.8) is 0 Å². The highest BCUT2D eigenvalue weighted by Gasteiger charge is 2.37. The molecule has 3 aliphatic rings. The topological polar surface area (TPSA) is 112 Å². The number of nitrogens with one attached hydrogen (secondary N) is 1. The minimum Gasteiger partial charge on any atom is -0.343 e. The summed E-state index contributed by atoms with van der Waals surface area (Å²) in [7, 11) is -1.22. The second kappa shape index (κ2) is 14.0. The largest absolute Gasteiger partial charge is 0.343 e. The number of carbonyl (C=O) groups is 3. The van der Waals surface area contributed by atoms with Gasteiger partial charge in [0.1, 0.15) is 0 Å². The highest BCUT2D eigenvalue weighted by Crippen LogP contribution is 2.47. The van der Waals surface area contributed by atoms with E-state index in [1.165, 1.54) is 26.1 Å². The Hall–Kier alpha value is -3.70. The molecule has 2 fully saturated rings. The van der Waals surface area contributed by atoms with Gasteiger partial charge >= 0.3 is 10.2 Å². The van der Waals surface area contributed by atoms with Gasteiger partial charge in [0, 0.05) is 68.8 Å². The van der Waals surface area contributed by atoms with Crippen LogP contribution < -0.4 is 4.72 Å². The molecule has 1 N–H and O–H groups in total. The van der Waals surface area contributed by atoms with Crippen LogP contribution in [0.5, 0.6) is 0 Å². The molecule has 0 radical (unpaired) electrons. The summed E-state index contributed by atoms with van der Waals surface area (Å²) in [5, 5.41) is 1.05. The highest BCUT2D eigenvalue weighted by atomic mass is 32.2. The normalized spacial score (nSPS) is 20.2. The lowest BCUT2D eigenvalue weighted by Crippen LogP contribution is -2.49. The summed E-state index contributed by atoms with van der Waals surface area (Å²) in [5.41, 5.74) is 5.69. The van der Waals surface area contributed by atoms with E-state index in [-0.39, 0.29) is 29.2 Å². The van der Waals surface area contributed by atoms with Crippen LogP contribution in [-0.4, -0.2) is 85.1 Å². The van der Waals surface area contributed by atoms with Gasteiger partial charge in [0.05, 0.1) is 17.5 Å². The number of amides is 3. The maximum Gasteiger partial charge on any atom is 0.303 e. The summed E-state index contributed by atoms with van der Waals surface area (Å²) >= 11 is 0. The summed E-state index contributed by atoms with van der Waals surface area (Å²) in [6.07, 6.45) is 7.86. The van der Waals surface area contributed by atoms with Crippen LogP contribution >= 0.6 is 0 Å². The standard InChI is InChI=1S/C37H49N5O5S/c1-5-40(6-2)36(44)28-16-12-20-41(23-28)37(45)29-21-26-15-10-11-17-30(26)34-33(25-13-8-7-9-14-25)31-19-18-27(22-32(31)42(34)24-29)35(43)38-48(46,47)39(3)4/h10-11,15,17-19,22,25,28-29H,5-9,12-14,16,20-21,23-24H2,1-4H3,(H,38,43)/t28?,29-/m0/s1. The fraction of sp³-hybridized carbons (Fsp3) is 0.541. The summed E-state index contributed by atoms with van der Waals surface area (Å²) < 4.78 is 30.4. The molecule has 48 heavy (non-hydrogen) atoms. The van der Waals surface area contributed by atoms with Gasteiger partial charge in [-0.3, -0.25) is 14.4 Å². The zero-order chi connectivity index (χ0) is 34.2. The second-order valence-electron chi connectivity index (χ2n) is 13.9. The van der Waals surface area contributed by atoms with Gasteiger partial charge in [-0.2, -0.15) is 12.7 Å². The number of carbonyl (C=O) groups excluding carboxylic acids is 3. The number of piperidine rings is 1. The van der Waals surface area contributed by atoms with Crippen molar-refractivity contribution in [1.29, 1.82) is 0 Å². The lowest BCUT2D eigenvalue weighted by atomic mass is 9.81. The number of likely N-dealkylation sites (tertiary alicyclic amines) is 1. The molecule has 2 aromatic carbocycles. The van der Waals surface area contributed by atoms with Gasteiger partial charge in [-0.25, -0.2) is 4.72 Å². The lowest BCUT2D eigenvalue weighted by molar-refractivity contribution is -0.142. The molecule has 1 aliphatic carbocycles. The molecule has 11 heteroatoms. The van der Waals surface area contributed by atoms with E-state index in [0.717, 1.165) is 70.6 Å². The molecular weight excluding hydrogens is 627 g/mol. The number of aromatic nitrogens is 1. The Morgan fingerprint density at radius 3 is 2.33 bits per heavy atom. The van der Waals surface area contributed by atoms with E-state index in [0.29, 0.717) is 45.1 Å². The fourth-order valence-electron chi connectivity index (χ4n) is 8.15. The quantitative estimate of drug-likeness (QED) is 0.354. The molecule has 1 aromatic heterocycles. The molecule has 1 saturated carbocycles. The van der Waals surface area contributed by atoms with Crippen molar-refractivity contribution in [2.45, 2.75) is 77.7 Å². The number of rotatable bonds is 8. The van der Waals surface area contributed by atoms with Gasteiger partial charge in [0.25, 0.3) is 5.91 Å². The van der Waals surface area contributed by atoms with Crippen molar-refractivity contribution in [2.75, 3.05) is 40.3 Å². The van der Waals surface area contributed by atoms with E-state index in [4.69, 9.17) is 0 Å². The Morgan fingerprint density at radius 2 is 1.62 bits per heavy atom. The first-order chi connectivity index (χ1) is 23.0. The summed E-state index contributed by atoms with van der Waals surface area (Å²) in [5.74, 6) is -0.722. The van der Waals surface area contributed by atoms with Gasteiger partial charge in [0.15, 0.2) is 0 Å². The van der Waals surface area contributed by atoms with Crippen molar-refractivity contribution in [2.24, 2.45) is 11.8 Å². The van der Waals surface area contributed by atoms with E-state index in [9.17, 15) is 22.8 Å². The van der Waals surface area contributed by atoms with Crippen molar-refractivity contribution in [3.05, 3.63) is 59.2 Å². The van der Waals surface area contributed by atoms with Crippen LogP contribution in [0.1, 0.15) is 86.2 Å². The number of hydrogen-bond acceptors (Lipinski definition) is 5. The maximum absolute atomic E-state index is 14.5. The minimum atomic E-state index is -3.98. The maximum atomic E-state index is 14.5. The van der Waals surface area contributed by atoms with Gasteiger partial charge in [-0.05, 0) is 75.1 Å². The Bertz CT molecular complexity index is 1810. The summed E-state index contributed by atoms with van der Waals surface area (Å²) in [6.45, 7) is 6.80. The second-order valence-corrected chi connectivity index (χ2v) is 15.7. The van der Waals surface area contributed by atoms with Crippen molar-refractivity contribution in [3.8, 4) is 11.3 Å². The van der Waals surface area contributed by atoms with Gasteiger partial charge in [-0.1, -0.05) is 49.6 Å². The molecule has 0 bridgehead atoms. The van der Waals surface area contributed by atoms with E-state index in [1.807, 2.05) is 41.8 Å². The van der Waals surface area contributed by atoms with Crippen LogP contribution in [0.4, 0.5) is 0 Å². The van der Waals surface area contributed by atoms with Crippen molar-refractivity contribution >= 4 is 38.8 Å². The van der Waals surface area contributed by atoms with Crippen LogP contribution in [0.25, 0.3) is 22.2 Å². The molecule has 10 nitrogen and oxygen atoms in total. The van der Waals surface area contributed by atoms with Crippen LogP contribution in [-0.2, 0) is 32.8 Å². The predicted octanol–water partition coefficient (Wildman–Crippen LogP) is 5.17. The summed E-state index contributed by atoms with van der Waals surface area (Å²) in [4.78, 5) is 44.9. The average Bonchev–Trinajstić information content (AvgIpc) is 3.30. The Labute approximate surface area is 284 Å². The average molecular weight is 676 g/mol. The molecule has 2 atom stereocenters. The third-order valence-electron chi connectivity index (χ3n) is 10.7. The van der Waals surface area contributed by atoms with E-state index < -0.39 is 16.1 Å². The van der Waals surface area contributed by atoms with E-state index in [1.54, 1.807) is 12.1 Å². The number of fused-ring (bicyclic) bond motifs is 5. The molecule has 3 aromatic rings. The molecule has 1 saturated heterocycles. The molecule has 258 valence electrons. The monoisotopic (exact) mass is 675 g/mol. The molecular formula is C37H49N5O5S. The van der Waals surface area contributed by atoms with Crippen LogP contribution in [0, 0.1) is 11.8 Å². The minimum absolute atomic E-state index is 0.0572. The van der Waals surface area contributed by atoms with Gasteiger partial charge in [0.2, 0.25) is 11.8 Å². The van der Waals surface area contributed by atoms with Crippen LogP contribution in [0.3, 0.4) is 0 Å². The van der Waals surface area contributed by atoms with Crippen LogP contribution in [0.2, 0.25) is 0 Å². The summed E-state index contributed by atoms with van der Waals surface area (Å²) in [6, 6.07) is 13.8. The van der Waals surface area contributed by atoms with E-state index >= 15 is 0 Å². The predicted molar refractivity (Wildman–Crippen MR) is 188 cm³/mol. The first-order valence-corrected chi connectivity index (χ1v) is 19.0. The smallest absolute Gasteiger partial charge is 0.303 e. The highest BCUT2D eigenvalue weighted by molar-refractivity contribution is 7.87. The SMILES string of the molecule is CCN(CC)C(=O)C1CCCN(C(=O)[C@H]2Cc3ccccc3-c3c(C4CCCCC4)c4ccc(C(=O)NS(=O)(=O)N(C)C)cc4n3C2)C1. The molecule has 6 rings (SSSR count). The Morgan fingerprint density at radius 1 is 0.896 bits per heavy atom. The van der Waals surface area contributed by atoms with E-state index in [2.05, 4.69) is 21.4 Å². The third-order valence-corrected chi connectivity index (χ3v) is 12.1.